The topological polar surface area (TPSA) is 110 Å². The summed E-state index contributed by atoms with van der Waals surface area (Å²) >= 11 is 0. The second kappa shape index (κ2) is 7.16. The van der Waals surface area contributed by atoms with Crippen molar-refractivity contribution in [1.82, 2.24) is 10.2 Å². The van der Waals surface area contributed by atoms with E-state index in [0.717, 1.165) is 19.4 Å². The minimum atomic E-state index is -0.421. The van der Waals surface area contributed by atoms with E-state index in [2.05, 4.69) is 15.5 Å². The number of H-pyrrole nitrogens is 1. The number of hydrogen-bond donors (Lipinski definition) is 2. The van der Waals surface area contributed by atoms with Gasteiger partial charge in [-0.25, -0.2) is 5.10 Å². The van der Waals surface area contributed by atoms with Crippen LogP contribution in [0.5, 0.6) is 0 Å². The Bertz CT molecular complexity index is 1060. The molecule has 1 saturated heterocycles. The van der Waals surface area contributed by atoms with Crippen molar-refractivity contribution in [3.8, 4) is 11.3 Å². The van der Waals surface area contributed by atoms with Crippen LogP contribution in [0.1, 0.15) is 12.8 Å². The van der Waals surface area contributed by atoms with Crippen LogP contribution >= 0.6 is 0 Å². The standard InChI is InChI=1S/C19H18N4O4/c24-19-15-6-2-1-5-14(15)18(21-22-19)12-7-8-16(17(10-12)23(25)26)20-11-13-4-3-9-27-13/h1-2,5-8,10,13,20H,3-4,9,11H2,(H,22,24). The van der Waals surface area contributed by atoms with Crippen LogP contribution in [0.4, 0.5) is 11.4 Å². The number of rotatable bonds is 5. The van der Waals surface area contributed by atoms with Crippen molar-refractivity contribution in [2.45, 2.75) is 18.9 Å². The molecule has 0 amide bonds. The second-order valence-corrected chi connectivity index (χ2v) is 6.45. The molecule has 0 aliphatic carbocycles. The number of anilines is 1. The Morgan fingerprint density at radius 3 is 2.81 bits per heavy atom. The zero-order valence-corrected chi connectivity index (χ0v) is 14.5. The fourth-order valence-corrected chi connectivity index (χ4v) is 3.34. The number of fused-ring (bicyclic) bond motifs is 1. The predicted octanol–water partition coefficient (Wildman–Crippen LogP) is 3.09. The quantitative estimate of drug-likeness (QED) is 0.530. The van der Waals surface area contributed by atoms with E-state index < -0.39 is 4.92 Å². The van der Waals surface area contributed by atoms with Gasteiger partial charge in [0.1, 0.15) is 5.69 Å². The molecule has 0 bridgehead atoms. The fraction of sp³-hybridized carbons (Fsp3) is 0.263. The van der Waals surface area contributed by atoms with E-state index in [1.54, 1.807) is 36.4 Å². The molecule has 1 aliphatic rings. The summed E-state index contributed by atoms with van der Waals surface area (Å²) < 4.78 is 5.55. The van der Waals surface area contributed by atoms with E-state index in [9.17, 15) is 14.9 Å². The summed E-state index contributed by atoms with van der Waals surface area (Å²) in [4.78, 5) is 23.1. The molecule has 2 N–H and O–H groups in total. The van der Waals surface area contributed by atoms with Crippen molar-refractivity contribution in [3.05, 3.63) is 62.9 Å². The number of ether oxygens (including phenoxy) is 1. The molecule has 1 aliphatic heterocycles. The molecule has 1 unspecified atom stereocenters. The van der Waals surface area contributed by atoms with Gasteiger partial charge in [0.05, 0.1) is 22.1 Å². The number of nitro groups is 1. The van der Waals surface area contributed by atoms with Gasteiger partial charge >= 0.3 is 0 Å². The highest BCUT2D eigenvalue weighted by Gasteiger charge is 2.20. The molecule has 1 fully saturated rings. The van der Waals surface area contributed by atoms with Crippen molar-refractivity contribution in [1.29, 1.82) is 0 Å². The molecule has 1 atom stereocenters. The lowest BCUT2D eigenvalue weighted by Gasteiger charge is -2.13. The molecular formula is C19H18N4O4. The molecule has 3 aromatic rings. The molecule has 4 rings (SSSR count). The Labute approximate surface area is 154 Å². The predicted molar refractivity (Wildman–Crippen MR) is 102 cm³/mol. The molecule has 1 aromatic heterocycles. The molecule has 138 valence electrons. The van der Waals surface area contributed by atoms with E-state index in [-0.39, 0.29) is 17.4 Å². The average Bonchev–Trinajstić information content (AvgIpc) is 3.20. The van der Waals surface area contributed by atoms with Crippen molar-refractivity contribution < 1.29 is 9.66 Å². The summed E-state index contributed by atoms with van der Waals surface area (Å²) in [6, 6.07) is 12.0. The third-order valence-corrected chi connectivity index (χ3v) is 4.71. The Balaban J connectivity index is 1.72. The van der Waals surface area contributed by atoms with Gasteiger partial charge in [-0.2, -0.15) is 5.10 Å². The van der Waals surface area contributed by atoms with Gasteiger partial charge in [-0.3, -0.25) is 14.9 Å². The molecule has 0 radical (unpaired) electrons. The summed E-state index contributed by atoms with van der Waals surface area (Å²) in [6.07, 6.45) is 2.04. The third kappa shape index (κ3) is 3.39. The maximum Gasteiger partial charge on any atom is 0.292 e. The zero-order valence-electron chi connectivity index (χ0n) is 14.5. The van der Waals surface area contributed by atoms with Crippen LogP contribution in [0.2, 0.25) is 0 Å². The summed E-state index contributed by atoms with van der Waals surface area (Å²) in [5, 5.41) is 22.4. The zero-order chi connectivity index (χ0) is 18.8. The van der Waals surface area contributed by atoms with Gasteiger partial charge in [0.15, 0.2) is 0 Å². The van der Waals surface area contributed by atoms with Crippen LogP contribution < -0.4 is 10.9 Å². The highest BCUT2D eigenvalue weighted by molar-refractivity contribution is 5.94. The number of nitro benzene ring substituents is 1. The number of hydrogen-bond acceptors (Lipinski definition) is 6. The van der Waals surface area contributed by atoms with Gasteiger partial charge < -0.3 is 10.1 Å². The van der Waals surface area contributed by atoms with Crippen LogP contribution in [0, 0.1) is 10.1 Å². The highest BCUT2D eigenvalue weighted by atomic mass is 16.6. The fourth-order valence-electron chi connectivity index (χ4n) is 3.34. The molecule has 0 saturated carbocycles. The maximum atomic E-state index is 12.0. The van der Waals surface area contributed by atoms with Gasteiger partial charge in [0.2, 0.25) is 0 Å². The summed E-state index contributed by atoms with van der Waals surface area (Å²) in [5.41, 5.74) is 1.17. The summed E-state index contributed by atoms with van der Waals surface area (Å²) in [6.45, 7) is 1.26. The lowest BCUT2D eigenvalue weighted by Crippen LogP contribution is -2.18. The van der Waals surface area contributed by atoms with E-state index >= 15 is 0 Å². The first kappa shape index (κ1) is 17.2. The van der Waals surface area contributed by atoms with Gasteiger partial charge in [-0.05, 0) is 25.0 Å². The molecule has 8 nitrogen and oxygen atoms in total. The summed E-state index contributed by atoms with van der Waals surface area (Å²) in [7, 11) is 0. The Kier molecular flexibility index (Phi) is 4.55. The minimum absolute atomic E-state index is 0.0393. The van der Waals surface area contributed by atoms with Crippen LogP contribution in [0.25, 0.3) is 22.0 Å². The lowest BCUT2D eigenvalue weighted by molar-refractivity contribution is -0.383. The maximum absolute atomic E-state index is 12.0. The van der Waals surface area contributed by atoms with Crippen molar-refractivity contribution in [3.63, 3.8) is 0 Å². The van der Waals surface area contributed by atoms with Crippen LogP contribution in [0.15, 0.2) is 47.3 Å². The molecular weight excluding hydrogens is 348 g/mol. The van der Waals surface area contributed by atoms with Gasteiger partial charge in [0, 0.05) is 30.2 Å². The normalized spacial score (nSPS) is 16.5. The largest absolute Gasteiger partial charge is 0.377 e. The first-order valence-electron chi connectivity index (χ1n) is 8.75. The summed E-state index contributed by atoms with van der Waals surface area (Å²) in [5.74, 6) is 0. The van der Waals surface area contributed by atoms with Crippen molar-refractivity contribution in [2.24, 2.45) is 0 Å². The van der Waals surface area contributed by atoms with Crippen LogP contribution in [-0.4, -0.2) is 34.4 Å². The average molecular weight is 366 g/mol. The van der Waals surface area contributed by atoms with Gasteiger partial charge in [0.25, 0.3) is 11.2 Å². The Morgan fingerprint density at radius 1 is 1.26 bits per heavy atom. The first-order chi connectivity index (χ1) is 13.1. The van der Waals surface area contributed by atoms with Crippen molar-refractivity contribution >= 4 is 22.1 Å². The second-order valence-electron chi connectivity index (χ2n) is 6.45. The van der Waals surface area contributed by atoms with E-state index in [4.69, 9.17) is 4.74 Å². The van der Waals surface area contributed by atoms with Gasteiger partial charge in [-0.1, -0.05) is 24.3 Å². The van der Waals surface area contributed by atoms with Gasteiger partial charge in [-0.15, -0.1) is 0 Å². The van der Waals surface area contributed by atoms with E-state index in [1.165, 1.54) is 6.07 Å². The molecule has 2 aromatic carbocycles. The number of aromatic nitrogens is 2. The number of benzene rings is 2. The molecule has 27 heavy (non-hydrogen) atoms. The first-order valence-corrected chi connectivity index (χ1v) is 8.75. The lowest BCUT2D eigenvalue weighted by atomic mass is 10.0. The molecule has 0 spiro atoms. The molecule has 8 heteroatoms. The Morgan fingerprint density at radius 2 is 2.07 bits per heavy atom. The smallest absolute Gasteiger partial charge is 0.292 e. The highest BCUT2D eigenvalue weighted by Crippen LogP contribution is 2.32. The van der Waals surface area contributed by atoms with E-state index in [1.807, 2.05) is 0 Å². The van der Waals surface area contributed by atoms with Crippen LogP contribution in [-0.2, 0) is 4.74 Å². The Hall–Kier alpha value is -3.26. The third-order valence-electron chi connectivity index (χ3n) is 4.71. The number of nitrogens with zero attached hydrogens (tertiary/aromatic N) is 2. The monoisotopic (exact) mass is 366 g/mol. The number of aromatic amines is 1. The molecule has 2 heterocycles. The minimum Gasteiger partial charge on any atom is -0.377 e. The van der Waals surface area contributed by atoms with E-state index in [0.29, 0.717) is 34.3 Å². The SMILES string of the molecule is O=c1[nH]nc(-c2ccc(NCC3CCCO3)c([N+](=O)[O-])c2)c2ccccc12. The van der Waals surface area contributed by atoms with Crippen LogP contribution in [0.3, 0.4) is 0 Å². The van der Waals surface area contributed by atoms with Crippen molar-refractivity contribution in [2.75, 3.05) is 18.5 Å². The number of nitrogens with one attached hydrogen (secondary N) is 2.